The Labute approximate surface area is 192 Å². The maximum Gasteiger partial charge on any atom is 0.160 e. The summed E-state index contributed by atoms with van der Waals surface area (Å²) in [7, 11) is 0. The summed E-state index contributed by atoms with van der Waals surface area (Å²) in [6, 6.07) is 1.97. The smallest absolute Gasteiger partial charge is 0.160 e. The number of hydrogen-bond donors (Lipinski definition) is 1. The molecule has 3 aromatic heterocycles. The molecule has 33 heavy (non-hydrogen) atoms. The van der Waals surface area contributed by atoms with Gasteiger partial charge in [-0.1, -0.05) is 6.92 Å². The number of pyridine rings is 1. The second-order valence-corrected chi connectivity index (χ2v) is 9.99. The van der Waals surface area contributed by atoms with Crippen molar-refractivity contribution in [3.63, 3.8) is 0 Å². The van der Waals surface area contributed by atoms with Crippen LogP contribution in [-0.4, -0.2) is 49.9 Å². The zero-order chi connectivity index (χ0) is 22.6. The second kappa shape index (κ2) is 7.97. The third-order valence-electron chi connectivity index (χ3n) is 7.59. The summed E-state index contributed by atoms with van der Waals surface area (Å²) in [6.45, 7) is 5.22. The Bertz CT molecular complexity index is 1160. The number of anilines is 2. The molecule has 3 aromatic rings. The first-order valence-electron chi connectivity index (χ1n) is 12.3. The van der Waals surface area contributed by atoms with Gasteiger partial charge in [0.1, 0.15) is 17.6 Å². The molecule has 1 unspecified atom stereocenters. The standard InChI is InChI=1S/C24H32FN7O/c1-2-16-12-30(13-16)23-17-11-27-19(10-20(17)32(29-23)15-24(25)7-5-8-24)22-18(26)14-31(28-22)21-6-3-4-9-33-21/h10-11,14,16,21H,2-9,12-13,15,26H2,1H3. The number of halogens is 1. The van der Waals surface area contributed by atoms with Crippen molar-refractivity contribution in [2.45, 2.75) is 70.3 Å². The highest BCUT2D eigenvalue weighted by Gasteiger charge is 2.39. The number of hydrogen-bond acceptors (Lipinski definition) is 6. The number of ether oxygens (including phenoxy) is 1. The third-order valence-corrected chi connectivity index (χ3v) is 7.59. The predicted octanol–water partition coefficient (Wildman–Crippen LogP) is 4.31. The molecule has 3 aliphatic rings. The van der Waals surface area contributed by atoms with Crippen molar-refractivity contribution in [3.8, 4) is 11.4 Å². The summed E-state index contributed by atoms with van der Waals surface area (Å²) in [4.78, 5) is 6.99. The molecule has 6 rings (SSSR count). The van der Waals surface area contributed by atoms with Gasteiger partial charge in [0.25, 0.3) is 0 Å². The Balaban J connectivity index is 1.37. The molecule has 2 saturated heterocycles. The molecule has 9 heteroatoms. The maximum atomic E-state index is 15.1. The first-order valence-corrected chi connectivity index (χ1v) is 12.3. The van der Waals surface area contributed by atoms with Crippen molar-refractivity contribution in [3.05, 3.63) is 18.5 Å². The Morgan fingerprint density at radius 1 is 1.21 bits per heavy atom. The summed E-state index contributed by atoms with van der Waals surface area (Å²) in [5, 5.41) is 10.6. The average Bonchev–Trinajstić information content (AvgIpc) is 3.33. The van der Waals surface area contributed by atoms with E-state index >= 15 is 4.39 Å². The summed E-state index contributed by atoms with van der Waals surface area (Å²) in [5.41, 5.74) is 7.94. The molecule has 0 spiro atoms. The third kappa shape index (κ3) is 3.66. The molecule has 2 aliphatic heterocycles. The number of aromatic nitrogens is 5. The van der Waals surface area contributed by atoms with Crippen LogP contribution in [0, 0.1) is 5.92 Å². The highest BCUT2D eigenvalue weighted by Crippen LogP contribution is 2.40. The van der Waals surface area contributed by atoms with Crippen LogP contribution in [0.2, 0.25) is 0 Å². The van der Waals surface area contributed by atoms with E-state index in [0.29, 0.717) is 35.8 Å². The molecule has 0 aromatic carbocycles. The van der Waals surface area contributed by atoms with Crippen LogP contribution in [0.15, 0.2) is 18.5 Å². The Kier molecular flexibility index (Phi) is 5.05. The molecule has 0 amide bonds. The summed E-state index contributed by atoms with van der Waals surface area (Å²) in [6.07, 6.45) is 10.0. The Morgan fingerprint density at radius 3 is 2.76 bits per heavy atom. The van der Waals surface area contributed by atoms with E-state index in [0.717, 1.165) is 68.5 Å². The van der Waals surface area contributed by atoms with Gasteiger partial charge in [0.2, 0.25) is 0 Å². The first-order chi connectivity index (χ1) is 16.0. The molecule has 0 bridgehead atoms. The van der Waals surface area contributed by atoms with Crippen molar-refractivity contribution >= 4 is 22.4 Å². The van der Waals surface area contributed by atoms with Crippen molar-refractivity contribution in [2.24, 2.45) is 5.92 Å². The monoisotopic (exact) mass is 453 g/mol. The molecule has 176 valence electrons. The van der Waals surface area contributed by atoms with Crippen LogP contribution in [-0.2, 0) is 11.3 Å². The van der Waals surface area contributed by atoms with Gasteiger partial charge in [-0.2, -0.15) is 10.2 Å². The van der Waals surface area contributed by atoms with Crippen LogP contribution < -0.4 is 10.6 Å². The van der Waals surface area contributed by atoms with Gasteiger partial charge in [0.05, 0.1) is 35.0 Å². The van der Waals surface area contributed by atoms with E-state index in [4.69, 9.17) is 25.7 Å². The summed E-state index contributed by atoms with van der Waals surface area (Å²) < 4.78 is 24.6. The van der Waals surface area contributed by atoms with Gasteiger partial charge in [-0.3, -0.25) is 9.67 Å². The fourth-order valence-corrected chi connectivity index (χ4v) is 5.21. The molecule has 2 N–H and O–H groups in total. The quantitative estimate of drug-likeness (QED) is 0.598. The van der Waals surface area contributed by atoms with Crippen LogP contribution in [0.3, 0.4) is 0 Å². The van der Waals surface area contributed by atoms with Gasteiger partial charge < -0.3 is 15.4 Å². The van der Waals surface area contributed by atoms with Gasteiger partial charge in [0.15, 0.2) is 5.82 Å². The van der Waals surface area contributed by atoms with Crippen LogP contribution >= 0.6 is 0 Å². The van der Waals surface area contributed by atoms with E-state index in [2.05, 4.69) is 11.8 Å². The lowest BCUT2D eigenvalue weighted by molar-refractivity contribution is -0.0393. The SMILES string of the molecule is CCC1CN(c2nn(CC3(F)CCC3)c3cc(-c4nn(C5CCCCO5)cc4N)ncc23)C1. The zero-order valence-corrected chi connectivity index (χ0v) is 19.2. The minimum absolute atomic E-state index is 0.0846. The highest BCUT2D eigenvalue weighted by molar-refractivity contribution is 5.92. The number of fused-ring (bicyclic) bond motifs is 1. The number of nitrogens with zero attached hydrogens (tertiary/aromatic N) is 6. The highest BCUT2D eigenvalue weighted by atomic mass is 19.1. The van der Waals surface area contributed by atoms with E-state index in [9.17, 15) is 0 Å². The molecule has 1 atom stereocenters. The second-order valence-electron chi connectivity index (χ2n) is 9.99. The Morgan fingerprint density at radius 2 is 2.06 bits per heavy atom. The van der Waals surface area contributed by atoms with Gasteiger partial charge in [-0.05, 0) is 56.9 Å². The molecule has 8 nitrogen and oxygen atoms in total. The van der Waals surface area contributed by atoms with Gasteiger partial charge in [-0.15, -0.1) is 0 Å². The van der Waals surface area contributed by atoms with Crippen molar-refractivity contribution < 1.29 is 9.13 Å². The minimum atomic E-state index is -1.17. The molecular formula is C24H32FN7O. The zero-order valence-electron chi connectivity index (χ0n) is 19.2. The van der Waals surface area contributed by atoms with Crippen LogP contribution in [0.1, 0.15) is 58.1 Å². The van der Waals surface area contributed by atoms with E-state index < -0.39 is 5.67 Å². The van der Waals surface area contributed by atoms with Gasteiger partial charge in [0, 0.05) is 25.9 Å². The molecular weight excluding hydrogens is 421 g/mol. The topological polar surface area (TPSA) is 87.0 Å². The number of nitrogen functional groups attached to an aromatic ring is 1. The van der Waals surface area contributed by atoms with Gasteiger partial charge >= 0.3 is 0 Å². The molecule has 5 heterocycles. The summed E-state index contributed by atoms with van der Waals surface area (Å²) in [5.74, 6) is 1.60. The van der Waals surface area contributed by atoms with E-state index in [-0.39, 0.29) is 12.8 Å². The molecule has 1 saturated carbocycles. The molecule has 1 aliphatic carbocycles. The van der Waals surface area contributed by atoms with Crippen molar-refractivity contribution in [2.75, 3.05) is 30.3 Å². The number of nitrogens with two attached hydrogens (primary N) is 1. The lowest BCUT2D eigenvalue weighted by atomic mass is 9.82. The minimum Gasteiger partial charge on any atom is -0.396 e. The van der Waals surface area contributed by atoms with E-state index in [1.54, 1.807) is 0 Å². The average molecular weight is 454 g/mol. The fraction of sp³-hybridized carbons (Fsp3) is 0.625. The normalized spacial score (nSPS) is 23.0. The van der Waals surface area contributed by atoms with Crippen LogP contribution in [0.5, 0.6) is 0 Å². The lowest BCUT2D eigenvalue weighted by Crippen LogP contribution is -2.46. The lowest BCUT2D eigenvalue weighted by Gasteiger charge is -2.39. The Hall–Kier alpha value is -2.68. The summed E-state index contributed by atoms with van der Waals surface area (Å²) >= 11 is 0. The van der Waals surface area contributed by atoms with Gasteiger partial charge in [-0.25, -0.2) is 9.07 Å². The van der Waals surface area contributed by atoms with Crippen molar-refractivity contribution in [1.82, 2.24) is 24.5 Å². The van der Waals surface area contributed by atoms with E-state index in [1.807, 2.05) is 27.8 Å². The van der Waals surface area contributed by atoms with Crippen molar-refractivity contribution in [1.29, 1.82) is 0 Å². The molecule has 3 fully saturated rings. The largest absolute Gasteiger partial charge is 0.396 e. The molecule has 0 radical (unpaired) electrons. The maximum absolute atomic E-state index is 15.1. The van der Waals surface area contributed by atoms with E-state index in [1.165, 1.54) is 0 Å². The van der Waals surface area contributed by atoms with Crippen LogP contribution in [0.25, 0.3) is 22.3 Å². The fourth-order valence-electron chi connectivity index (χ4n) is 5.21. The predicted molar refractivity (Wildman–Crippen MR) is 126 cm³/mol. The van der Waals surface area contributed by atoms with Crippen LogP contribution in [0.4, 0.5) is 15.9 Å². The number of rotatable bonds is 6. The number of alkyl halides is 1. The first kappa shape index (κ1) is 20.9.